The van der Waals surface area contributed by atoms with Gasteiger partial charge in [0, 0.05) is 0 Å². The van der Waals surface area contributed by atoms with Gasteiger partial charge < -0.3 is 5.73 Å². The molecule has 0 aromatic heterocycles. The number of primary amides is 1. The van der Waals surface area contributed by atoms with Crippen LogP contribution in [0, 0.1) is 0 Å². The summed E-state index contributed by atoms with van der Waals surface area (Å²) in [5.74, 6) is -17.5. The van der Waals surface area contributed by atoms with Crippen LogP contribution >= 0.6 is 0 Å². The largest absolute Gasteiger partial charge is 0.527 e. The molecule has 17 heteroatoms. The van der Waals surface area contributed by atoms with E-state index in [4.69, 9.17) is 0 Å². The topological polar surface area (TPSA) is 61.6 Å². The summed E-state index contributed by atoms with van der Waals surface area (Å²) < 4.78 is 163. The van der Waals surface area contributed by atoms with Crippen LogP contribution in [0.25, 0.3) is 0 Å². The van der Waals surface area contributed by atoms with Gasteiger partial charge in [0.05, 0.1) is 0 Å². The molecule has 0 aromatic carbocycles. The van der Waals surface area contributed by atoms with Gasteiger partial charge in [0.15, 0.2) is 0 Å². The van der Waals surface area contributed by atoms with Crippen molar-refractivity contribution in [1.29, 1.82) is 0 Å². The Bertz CT molecular complexity index is 483. The van der Waals surface area contributed by atoms with Gasteiger partial charge in [0.2, 0.25) is 0 Å². The zero-order valence-electron chi connectivity index (χ0n) is 10.2. The summed E-state index contributed by atoms with van der Waals surface area (Å²) in [4.78, 5) is 10.2. The first kappa shape index (κ1) is 22.5. The lowest BCUT2D eigenvalue weighted by molar-refractivity contribution is -0.523. The molecule has 0 saturated carbocycles. The molecule has 0 fully saturated rings. The Morgan fingerprint density at radius 2 is 1.00 bits per heavy atom. The van der Waals surface area contributed by atoms with Crippen LogP contribution in [0.2, 0.25) is 0 Å². The molecular weight excluding hydrogens is 393 g/mol. The van der Waals surface area contributed by atoms with Gasteiger partial charge in [-0.1, -0.05) is 0 Å². The van der Waals surface area contributed by atoms with E-state index < -0.39 is 42.4 Å². The van der Waals surface area contributed by atoms with Crippen molar-refractivity contribution < 1.29 is 71.3 Å². The monoisotopic (exact) mass is 395 g/mol. The summed E-state index contributed by atoms with van der Waals surface area (Å²) in [6.07, 6.45) is -28.1. The summed E-state index contributed by atoms with van der Waals surface area (Å²) in [5, 5.41) is 0. The number of carbonyl (C=O) groups excluding carboxylic acids is 1. The second-order valence-electron chi connectivity index (χ2n) is 3.72. The van der Waals surface area contributed by atoms with E-state index in [1.807, 2.05) is 0 Å². The van der Waals surface area contributed by atoms with Crippen molar-refractivity contribution in [2.24, 2.45) is 5.73 Å². The van der Waals surface area contributed by atoms with Crippen LogP contribution < -0.4 is 5.73 Å². The number of alkyl halides is 13. The maximum absolute atomic E-state index is 13.0. The number of nitrogens with two attached hydrogens (primary N) is 1. The van der Waals surface area contributed by atoms with Gasteiger partial charge in [0.1, 0.15) is 0 Å². The number of amides is 1. The number of halogens is 13. The van der Waals surface area contributed by atoms with Crippen LogP contribution in [0.15, 0.2) is 0 Å². The average molecular weight is 395 g/mol. The van der Waals surface area contributed by atoms with Crippen LogP contribution in [-0.4, -0.2) is 42.4 Å². The first-order valence-electron chi connectivity index (χ1n) is 4.77. The van der Waals surface area contributed by atoms with E-state index >= 15 is 0 Å². The van der Waals surface area contributed by atoms with Gasteiger partial charge in [-0.25, -0.2) is 4.74 Å². The lowest BCUT2D eigenvalue weighted by atomic mass is 10.2. The number of ether oxygens (including phenoxy) is 2. The fraction of sp³-hybridized carbons (Fsp3) is 0.857. The van der Waals surface area contributed by atoms with Gasteiger partial charge in [-0.15, -0.1) is 13.2 Å². The molecule has 0 radical (unpaired) electrons. The van der Waals surface area contributed by atoms with Gasteiger partial charge >= 0.3 is 36.5 Å². The smallest absolute Gasteiger partial charge is 0.364 e. The van der Waals surface area contributed by atoms with Crippen LogP contribution in [-0.2, 0) is 14.3 Å². The molecule has 24 heavy (non-hydrogen) atoms. The molecule has 0 rings (SSSR count). The van der Waals surface area contributed by atoms with E-state index in [9.17, 15) is 61.9 Å². The molecule has 0 heterocycles. The first-order chi connectivity index (χ1) is 10.1. The summed E-state index contributed by atoms with van der Waals surface area (Å²) >= 11 is 0. The van der Waals surface area contributed by atoms with Crippen molar-refractivity contribution in [1.82, 2.24) is 0 Å². The van der Waals surface area contributed by atoms with Gasteiger partial charge in [-0.05, 0) is 0 Å². The highest BCUT2D eigenvalue weighted by Gasteiger charge is 2.80. The highest BCUT2D eigenvalue weighted by molar-refractivity contribution is 5.82. The molecule has 1 amide bonds. The number of hydrogen-bond donors (Lipinski definition) is 1. The minimum atomic E-state index is -7.52. The predicted octanol–water partition coefficient (Wildman–Crippen LogP) is 3.07. The molecule has 0 aliphatic heterocycles. The average Bonchev–Trinajstić information content (AvgIpc) is 2.22. The van der Waals surface area contributed by atoms with Crippen molar-refractivity contribution in [3.8, 4) is 0 Å². The Kier molecular flexibility index (Phi) is 5.41. The molecule has 1 unspecified atom stereocenters. The molecule has 0 aliphatic rings. The molecule has 1 atom stereocenters. The minimum absolute atomic E-state index is 1.37. The quantitative estimate of drug-likeness (QED) is 0.704. The normalized spacial score (nSPS) is 17.5. The van der Waals surface area contributed by atoms with E-state index in [-0.39, 0.29) is 0 Å². The third-order valence-electron chi connectivity index (χ3n) is 1.93. The van der Waals surface area contributed by atoms with Crippen LogP contribution in [0.4, 0.5) is 57.1 Å². The summed E-state index contributed by atoms with van der Waals surface area (Å²) in [5.41, 5.74) is 3.68. The maximum Gasteiger partial charge on any atom is 0.527 e. The third kappa shape index (κ3) is 4.11. The van der Waals surface area contributed by atoms with Crippen molar-refractivity contribution in [2.45, 2.75) is 36.5 Å². The Hall–Kier alpha value is -1.52. The van der Waals surface area contributed by atoms with Crippen molar-refractivity contribution in [2.75, 3.05) is 0 Å². The zero-order valence-corrected chi connectivity index (χ0v) is 10.2. The second kappa shape index (κ2) is 5.78. The lowest BCUT2D eigenvalue weighted by Gasteiger charge is -2.35. The van der Waals surface area contributed by atoms with Gasteiger partial charge in [-0.2, -0.15) is 43.9 Å². The van der Waals surface area contributed by atoms with E-state index in [2.05, 4.69) is 5.73 Å². The minimum Gasteiger partial charge on any atom is -0.364 e. The molecule has 144 valence electrons. The fourth-order valence-electron chi connectivity index (χ4n) is 0.867. The molecule has 0 spiro atoms. The standard InChI is InChI=1S/C7H2F13NO3/c8-2(1(21)22,4(11,12)13)23-5(14,15)3(9,10)6(16,17)24-7(18,19)20/h(H2,21,22). The maximum atomic E-state index is 13.0. The van der Waals surface area contributed by atoms with Gasteiger partial charge in [0.25, 0.3) is 5.91 Å². The number of rotatable bonds is 6. The summed E-state index contributed by atoms with van der Waals surface area (Å²) in [7, 11) is 0. The van der Waals surface area contributed by atoms with E-state index in [1.165, 1.54) is 4.74 Å². The Morgan fingerprint density at radius 3 is 1.25 bits per heavy atom. The SMILES string of the molecule is NC(=O)C(F)(OC(F)(F)C(F)(F)C(F)(F)OC(F)(F)F)C(F)(F)F. The highest BCUT2D eigenvalue weighted by atomic mass is 19.4. The van der Waals surface area contributed by atoms with Gasteiger partial charge in [-0.3, -0.25) is 9.53 Å². The summed E-state index contributed by atoms with van der Waals surface area (Å²) in [6.45, 7) is 0. The Labute approximate surface area is 121 Å². The number of hydrogen-bond acceptors (Lipinski definition) is 3. The summed E-state index contributed by atoms with van der Waals surface area (Å²) in [6, 6.07) is 0. The van der Waals surface area contributed by atoms with Crippen LogP contribution in [0.1, 0.15) is 0 Å². The first-order valence-corrected chi connectivity index (χ1v) is 4.77. The van der Waals surface area contributed by atoms with Crippen LogP contribution in [0.3, 0.4) is 0 Å². The zero-order chi connectivity index (χ0) is 20.0. The van der Waals surface area contributed by atoms with Crippen molar-refractivity contribution in [3.63, 3.8) is 0 Å². The molecule has 4 nitrogen and oxygen atoms in total. The number of carbonyl (C=O) groups is 1. The lowest BCUT2D eigenvalue weighted by Crippen LogP contribution is -2.64. The Balaban J connectivity index is 5.91. The molecule has 2 N–H and O–H groups in total. The highest BCUT2D eigenvalue weighted by Crippen LogP contribution is 2.52. The van der Waals surface area contributed by atoms with Crippen molar-refractivity contribution >= 4 is 5.91 Å². The molecular formula is C7H2F13NO3. The molecule has 0 aromatic rings. The predicted molar refractivity (Wildman–Crippen MR) is 42.2 cm³/mol. The Morgan fingerprint density at radius 1 is 0.667 bits per heavy atom. The second-order valence-corrected chi connectivity index (χ2v) is 3.72. The van der Waals surface area contributed by atoms with Crippen LogP contribution in [0.5, 0.6) is 0 Å². The van der Waals surface area contributed by atoms with E-state index in [0.29, 0.717) is 0 Å². The van der Waals surface area contributed by atoms with E-state index in [1.54, 1.807) is 4.74 Å². The van der Waals surface area contributed by atoms with E-state index in [0.717, 1.165) is 0 Å². The van der Waals surface area contributed by atoms with Crippen molar-refractivity contribution in [3.05, 3.63) is 0 Å². The third-order valence-corrected chi connectivity index (χ3v) is 1.93. The fourth-order valence-corrected chi connectivity index (χ4v) is 0.867. The molecule has 0 aliphatic carbocycles. The molecule has 0 bridgehead atoms. The molecule has 0 saturated heterocycles.